The number of hydrogen-bond donors (Lipinski definition) is 1. The van der Waals surface area contributed by atoms with Gasteiger partial charge in [-0.15, -0.1) is 5.10 Å². The Bertz CT molecular complexity index is 880. The highest BCUT2D eigenvalue weighted by Gasteiger charge is 2.28. The Kier molecular flexibility index (Phi) is 5.48. The van der Waals surface area contributed by atoms with Crippen molar-refractivity contribution in [1.29, 1.82) is 0 Å². The predicted molar refractivity (Wildman–Crippen MR) is 104 cm³/mol. The highest BCUT2D eigenvalue weighted by atomic mass is 32.2. The smallest absolute Gasteiger partial charge is 0.230 e. The number of nitrogens with one attached hydrogen (secondary N) is 1. The molecule has 0 unspecified atom stereocenters. The largest absolute Gasteiger partial charge is 0.348 e. The van der Waals surface area contributed by atoms with Gasteiger partial charge in [0.2, 0.25) is 11.1 Å². The van der Waals surface area contributed by atoms with Crippen molar-refractivity contribution >= 4 is 17.7 Å². The first-order valence-corrected chi connectivity index (χ1v) is 10.1. The van der Waals surface area contributed by atoms with E-state index in [0.29, 0.717) is 17.0 Å². The first-order valence-electron chi connectivity index (χ1n) is 9.08. The van der Waals surface area contributed by atoms with Crippen molar-refractivity contribution in [1.82, 2.24) is 25.5 Å². The first-order chi connectivity index (χ1) is 13.3. The van der Waals surface area contributed by atoms with Gasteiger partial charge in [0.05, 0.1) is 17.8 Å². The van der Waals surface area contributed by atoms with E-state index in [1.807, 2.05) is 41.1 Å². The van der Waals surface area contributed by atoms with Crippen LogP contribution >= 0.6 is 11.8 Å². The molecule has 2 aromatic carbocycles. The van der Waals surface area contributed by atoms with Gasteiger partial charge in [-0.1, -0.05) is 72.4 Å². The fourth-order valence-electron chi connectivity index (χ4n) is 2.98. The summed E-state index contributed by atoms with van der Waals surface area (Å²) in [6, 6.07) is 20.6. The van der Waals surface area contributed by atoms with Crippen LogP contribution in [-0.2, 0) is 11.2 Å². The lowest BCUT2D eigenvalue weighted by Gasteiger charge is -2.19. The van der Waals surface area contributed by atoms with Gasteiger partial charge in [-0.05, 0) is 40.8 Å². The van der Waals surface area contributed by atoms with Crippen LogP contribution in [0, 0.1) is 0 Å². The van der Waals surface area contributed by atoms with Crippen LogP contribution in [0.3, 0.4) is 0 Å². The molecular formula is C20H21N5OS. The molecule has 1 atom stereocenters. The van der Waals surface area contributed by atoms with Gasteiger partial charge < -0.3 is 5.32 Å². The second kappa shape index (κ2) is 8.35. The van der Waals surface area contributed by atoms with Gasteiger partial charge >= 0.3 is 0 Å². The fourth-order valence-corrected chi connectivity index (χ4v) is 3.74. The molecule has 6 nitrogen and oxygen atoms in total. The molecule has 138 valence electrons. The zero-order valence-corrected chi connectivity index (χ0v) is 15.7. The molecule has 4 rings (SSSR count). The summed E-state index contributed by atoms with van der Waals surface area (Å²) in [5.41, 5.74) is 2.29. The average molecular weight is 379 g/mol. The van der Waals surface area contributed by atoms with Crippen molar-refractivity contribution < 1.29 is 4.79 Å². The number of aromatic nitrogens is 4. The van der Waals surface area contributed by atoms with Crippen molar-refractivity contribution in [3.05, 3.63) is 71.8 Å². The molecule has 1 aliphatic rings. The Labute approximate surface area is 162 Å². The molecule has 1 heterocycles. The number of rotatable bonds is 8. The molecular weight excluding hydrogens is 358 g/mol. The molecule has 0 bridgehead atoms. The molecule has 1 aromatic heterocycles. The van der Waals surface area contributed by atoms with Crippen molar-refractivity contribution in [3.63, 3.8) is 0 Å². The normalized spacial score (nSPS) is 14.7. The number of thioether (sulfide) groups is 1. The number of amides is 1. The first kappa shape index (κ1) is 17.7. The summed E-state index contributed by atoms with van der Waals surface area (Å²) in [7, 11) is 0. The second-order valence-corrected chi connectivity index (χ2v) is 7.59. The lowest BCUT2D eigenvalue weighted by molar-refractivity contribution is -0.119. The standard InChI is InChI=1S/C20H21N5OS/c26-19(14-27-20-22-23-24-25(20)17-11-12-17)21-18(16-9-5-2-6-10-16)13-15-7-3-1-4-8-15/h1-10,17-18H,11-14H2,(H,21,26)/t18-/m1/s1. The molecule has 0 spiro atoms. The second-order valence-electron chi connectivity index (χ2n) is 6.65. The molecule has 1 fully saturated rings. The molecule has 0 aliphatic heterocycles. The highest BCUT2D eigenvalue weighted by molar-refractivity contribution is 7.99. The van der Waals surface area contributed by atoms with E-state index in [1.165, 1.54) is 17.3 Å². The Morgan fingerprint density at radius 1 is 1.11 bits per heavy atom. The summed E-state index contributed by atoms with van der Waals surface area (Å²) in [6.45, 7) is 0. The lowest BCUT2D eigenvalue weighted by atomic mass is 9.99. The minimum Gasteiger partial charge on any atom is -0.348 e. The maximum atomic E-state index is 12.6. The van der Waals surface area contributed by atoms with Crippen LogP contribution in [0.2, 0.25) is 0 Å². The third-order valence-corrected chi connectivity index (χ3v) is 5.44. The Balaban J connectivity index is 1.41. The topological polar surface area (TPSA) is 72.7 Å². The van der Waals surface area contributed by atoms with E-state index < -0.39 is 0 Å². The number of carbonyl (C=O) groups is 1. The van der Waals surface area contributed by atoms with Crippen molar-refractivity contribution in [2.75, 3.05) is 5.75 Å². The molecule has 1 N–H and O–H groups in total. The third-order valence-electron chi connectivity index (χ3n) is 4.51. The lowest BCUT2D eigenvalue weighted by Crippen LogP contribution is -2.31. The monoisotopic (exact) mass is 379 g/mol. The molecule has 0 radical (unpaired) electrons. The number of nitrogens with zero attached hydrogens (tertiary/aromatic N) is 4. The fraction of sp³-hybridized carbons (Fsp3) is 0.300. The Morgan fingerprint density at radius 3 is 2.52 bits per heavy atom. The summed E-state index contributed by atoms with van der Waals surface area (Å²) >= 11 is 1.39. The maximum absolute atomic E-state index is 12.6. The molecule has 3 aromatic rings. The number of carbonyl (C=O) groups excluding carboxylic acids is 1. The van der Waals surface area contributed by atoms with Crippen LogP contribution in [0.25, 0.3) is 0 Å². The van der Waals surface area contributed by atoms with Gasteiger partial charge in [-0.2, -0.15) is 0 Å². The van der Waals surface area contributed by atoms with Gasteiger partial charge in [0.15, 0.2) is 0 Å². The van der Waals surface area contributed by atoms with E-state index in [-0.39, 0.29) is 11.9 Å². The zero-order chi connectivity index (χ0) is 18.5. The molecule has 1 saturated carbocycles. The summed E-state index contributed by atoms with van der Waals surface area (Å²) in [5, 5.41) is 15.7. The molecule has 0 saturated heterocycles. The SMILES string of the molecule is O=C(CSc1nnnn1C1CC1)N[C@H](Cc1ccccc1)c1ccccc1. The average Bonchev–Trinajstić information content (AvgIpc) is 3.45. The molecule has 7 heteroatoms. The van der Waals surface area contributed by atoms with Gasteiger partial charge in [-0.25, -0.2) is 4.68 Å². The van der Waals surface area contributed by atoms with E-state index >= 15 is 0 Å². The molecule has 1 amide bonds. The summed E-state index contributed by atoms with van der Waals surface area (Å²) in [4.78, 5) is 12.6. The maximum Gasteiger partial charge on any atom is 0.230 e. The summed E-state index contributed by atoms with van der Waals surface area (Å²) < 4.78 is 1.83. The van der Waals surface area contributed by atoms with Crippen molar-refractivity contribution in [2.45, 2.75) is 36.5 Å². The van der Waals surface area contributed by atoms with E-state index in [4.69, 9.17) is 0 Å². The van der Waals surface area contributed by atoms with E-state index in [9.17, 15) is 4.79 Å². The van der Waals surface area contributed by atoms with Crippen LogP contribution < -0.4 is 5.32 Å². The van der Waals surface area contributed by atoms with Gasteiger partial charge in [0.1, 0.15) is 0 Å². The van der Waals surface area contributed by atoms with Crippen LogP contribution in [0.1, 0.15) is 36.1 Å². The number of tetrazole rings is 1. The van der Waals surface area contributed by atoms with Crippen molar-refractivity contribution in [2.24, 2.45) is 0 Å². The van der Waals surface area contributed by atoms with Gasteiger partial charge in [0, 0.05) is 0 Å². The Morgan fingerprint density at radius 2 is 1.81 bits per heavy atom. The van der Waals surface area contributed by atoms with E-state index in [0.717, 1.165) is 24.8 Å². The van der Waals surface area contributed by atoms with Crippen LogP contribution in [0.5, 0.6) is 0 Å². The number of benzene rings is 2. The third kappa shape index (κ3) is 4.74. The summed E-state index contributed by atoms with van der Waals surface area (Å²) in [5.74, 6) is 0.278. The summed E-state index contributed by atoms with van der Waals surface area (Å²) in [6.07, 6.45) is 2.97. The quantitative estimate of drug-likeness (QED) is 0.609. The van der Waals surface area contributed by atoms with Crippen molar-refractivity contribution in [3.8, 4) is 0 Å². The van der Waals surface area contributed by atoms with E-state index in [1.54, 1.807) is 0 Å². The zero-order valence-electron chi connectivity index (χ0n) is 14.9. The number of hydrogen-bond acceptors (Lipinski definition) is 5. The minimum atomic E-state index is -0.0684. The van der Waals surface area contributed by atoms with Crippen LogP contribution in [-0.4, -0.2) is 31.9 Å². The van der Waals surface area contributed by atoms with Crippen LogP contribution in [0.4, 0.5) is 0 Å². The molecule has 1 aliphatic carbocycles. The van der Waals surface area contributed by atoms with Gasteiger partial charge in [-0.3, -0.25) is 4.79 Å². The molecule has 27 heavy (non-hydrogen) atoms. The van der Waals surface area contributed by atoms with E-state index in [2.05, 4.69) is 45.1 Å². The van der Waals surface area contributed by atoms with Crippen LogP contribution in [0.15, 0.2) is 65.8 Å². The minimum absolute atomic E-state index is 0.0184. The highest BCUT2D eigenvalue weighted by Crippen LogP contribution is 2.36. The predicted octanol–water partition coefficient (Wildman–Crippen LogP) is 3.20. The van der Waals surface area contributed by atoms with Gasteiger partial charge in [0.25, 0.3) is 0 Å². The Hall–Kier alpha value is -2.67.